The van der Waals surface area contributed by atoms with E-state index < -0.39 is 12.2 Å². The Kier molecular flexibility index (Phi) is 12.3. The van der Waals surface area contributed by atoms with Crippen LogP contribution in [0.25, 0.3) is 0 Å². The summed E-state index contributed by atoms with van der Waals surface area (Å²) < 4.78 is 10.4. The fourth-order valence-electron chi connectivity index (χ4n) is 3.10. The molecule has 5 nitrogen and oxygen atoms in total. The standard InChI is InChI=1S/C21H36O5/c1-3-4-5-6-7-8-9-10-11-14-19-18(23)16-20(26-19)17(22)13-12-15-21(24)25-2/h7-8,10-11,17-20,22-23H,3-6,9,12-16H2,1-2H3/b8-7-,11-10-/t17?,18?,19-,20+/m1/s1. The van der Waals surface area contributed by atoms with E-state index in [1.807, 2.05) is 6.08 Å². The number of esters is 1. The summed E-state index contributed by atoms with van der Waals surface area (Å²) in [4.78, 5) is 11.1. The van der Waals surface area contributed by atoms with Gasteiger partial charge in [-0.3, -0.25) is 4.79 Å². The number of carbonyl (C=O) groups is 1. The van der Waals surface area contributed by atoms with Crippen molar-refractivity contribution in [2.75, 3.05) is 7.11 Å². The van der Waals surface area contributed by atoms with Crippen LogP contribution in [0.5, 0.6) is 0 Å². The van der Waals surface area contributed by atoms with Crippen molar-refractivity contribution >= 4 is 5.97 Å². The Morgan fingerprint density at radius 1 is 1.23 bits per heavy atom. The van der Waals surface area contributed by atoms with Crippen LogP contribution >= 0.6 is 0 Å². The molecule has 1 fully saturated rings. The molecule has 1 rings (SSSR count). The van der Waals surface area contributed by atoms with Gasteiger partial charge < -0.3 is 19.7 Å². The highest BCUT2D eigenvalue weighted by atomic mass is 16.5. The van der Waals surface area contributed by atoms with Crippen LogP contribution in [0.15, 0.2) is 24.3 Å². The Labute approximate surface area is 158 Å². The Morgan fingerprint density at radius 3 is 2.73 bits per heavy atom. The second kappa shape index (κ2) is 14.0. The number of aliphatic hydroxyl groups is 2. The molecule has 0 aromatic rings. The molecule has 26 heavy (non-hydrogen) atoms. The molecule has 0 radical (unpaired) electrons. The van der Waals surface area contributed by atoms with E-state index in [0.29, 0.717) is 32.1 Å². The number of rotatable bonds is 13. The summed E-state index contributed by atoms with van der Waals surface area (Å²) in [6, 6.07) is 0. The van der Waals surface area contributed by atoms with Crippen LogP contribution in [0.1, 0.15) is 71.1 Å². The molecule has 4 atom stereocenters. The molecule has 0 aromatic heterocycles. The van der Waals surface area contributed by atoms with E-state index in [1.165, 1.54) is 26.4 Å². The van der Waals surface area contributed by atoms with Crippen LogP contribution in [0.3, 0.4) is 0 Å². The maximum atomic E-state index is 11.1. The van der Waals surface area contributed by atoms with E-state index in [9.17, 15) is 15.0 Å². The van der Waals surface area contributed by atoms with E-state index in [0.717, 1.165) is 12.8 Å². The topological polar surface area (TPSA) is 76.0 Å². The van der Waals surface area contributed by atoms with Crippen molar-refractivity contribution in [2.24, 2.45) is 0 Å². The Hall–Kier alpha value is -1.17. The molecule has 1 heterocycles. The minimum Gasteiger partial charge on any atom is -0.469 e. The van der Waals surface area contributed by atoms with Gasteiger partial charge >= 0.3 is 5.97 Å². The lowest BCUT2D eigenvalue weighted by Gasteiger charge is -2.18. The molecule has 1 aliphatic rings. The van der Waals surface area contributed by atoms with E-state index in [-0.39, 0.29) is 18.2 Å². The zero-order valence-electron chi connectivity index (χ0n) is 16.3. The van der Waals surface area contributed by atoms with Gasteiger partial charge in [0.05, 0.1) is 31.5 Å². The van der Waals surface area contributed by atoms with Gasteiger partial charge in [-0.1, -0.05) is 44.1 Å². The number of hydrogen-bond donors (Lipinski definition) is 2. The number of allylic oxidation sites excluding steroid dienone is 3. The lowest BCUT2D eigenvalue weighted by atomic mass is 10.0. The van der Waals surface area contributed by atoms with Crippen molar-refractivity contribution in [1.29, 1.82) is 0 Å². The Morgan fingerprint density at radius 2 is 2.00 bits per heavy atom. The van der Waals surface area contributed by atoms with Crippen molar-refractivity contribution in [3.63, 3.8) is 0 Å². The first-order valence-electron chi connectivity index (χ1n) is 9.96. The van der Waals surface area contributed by atoms with Gasteiger partial charge in [0, 0.05) is 12.8 Å². The van der Waals surface area contributed by atoms with Gasteiger partial charge in [0.1, 0.15) is 0 Å². The maximum Gasteiger partial charge on any atom is 0.305 e. The summed E-state index contributed by atoms with van der Waals surface area (Å²) in [5.74, 6) is -0.271. The minimum absolute atomic E-state index is 0.264. The highest BCUT2D eigenvalue weighted by Gasteiger charge is 2.36. The number of aliphatic hydroxyl groups excluding tert-OH is 2. The third kappa shape index (κ3) is 9.51. The third-order valence-electron chi connectivity index (χ3n) is 4.74. The fourth-order valence-corrected chi connectivity index (χ4v) is 3.10. The van der Waals surface area contributed by atoms with Gasteiger partial charge in [-0.25, -0.2) is 0 Å². The van der Waals surface area contributed by atoms with Crippen LogP contribution in [-0.4, -0.2) is 47.7 Å². The Balaban J connectivity index is 2.20. The van der Waals surface area contributed by atoms with E-state index >= 15 is 0 Å². The van der Waals surface area contributed by atoms with Gasteiger partial charge in [-0.15, -0.1) is 0 Å². The van der Waals surface area contributed by atoms with Gasteiger partial charge in [0.25, 0.3) is 0 Å². The summed E-state index contributed by atoms with van der Waals surface area (Å²) in [6.07, 6.45) is 14.9. The molecule has 2 unspecified atom stereocenters. The molecule has 0 aliphatic carbocycles. The normalized spacial score (nSPS) is 24.5. The molecule has 0 saturated carbocycles. The maximum absolute atomic E-state index is 11.1. The predicted octanol–water partition coefficient (Wildman–Crippen LogP) is 3.68. The highest BCUT2D eigenvalue weighted by Crippen LogP contribution is 2.27. The molecular formula is C21H36O5. The summed E-state index contributed by atoms with van der Waals surface area (Å²) in [5.41, 5.74) is 0. The summed E-state index contributed by atoms with van der Waals surface area (Å²) in [7, 11) is 1.36. The number of carbonyl (C=O) groups excluding carboxylic acids is 1. The second-order valence-electron chi connectivity index (χ2n) is 6.96. The van der Waals surface area contributed by atoms with Crippen LogP contribution in [0.2, 0.25) is 0 Å². The summed E-state index contributed by atoms with van der Waals surface area (Å²) in [6.45, 7) is 2.21. The molecule has 5 heteroatoms. The van der Waals surface area contributed by atoms with Crippen molar-refractivity contribution in [3.8, 4) is 0 Å². The number of hydrogen-bond acceptors (Lipinski definition) is 5. The average Bonchev–Trinajstić information content (AvgIpc) is 3.01. The number of ether oxygens (including phenoxy) is 2. The van der Waals surface area contributed by atoms with Gasteiger partial charge in [-0.2, -0.15) is 0 Å². The smallest absolute Gasteiger partial charge is 0.305 e. The highest BCUT2D eigenvalue weighted by molar-refractivity contribution is 5.68. The van der Waals surface area contributed by atoms with Crippen molar-refractivity contribution in [3.05, 3.63) is 24.3 Å². The monoisotopic (exact) mass is 368 g/mol. The molecule has 0 aromatic carbocycles. The van der Waals surface area contributed by atoms with Gasteiger partial charge in [0.15, 0.2) is 0 Å². The molecule has 150 valence electrons. The van der Waals surface area contributed by atoms with Gasteiger partial charge in [-0.05, 0) is 38.5 Å². The largest absolute Gasteiger partial charge is 0.469 e. The van der Waals surface area contributed by atoms with E-state index in [1.54, 1.807) is 0 Å². The molecule has 0 amide bonds. The average molecular weight is 369 g/mol. The van der Waals surface area contributed by atoms with Crippen molar-refractivity contribution in [1.82, 2.24) is 0 Å². The quantitative estimate of drug-likeness (QED) is 0.295. The van der Waals surface area contributed by atoms with Crippen LogP contribution in [0.4, 0.5) is 0 Å². The first-order chi connectivity index (χ1) is 12.6. The molecule has 1 aliphatic heterocycles. The first-order valence-corrected chi connectivity index (χ1v) is 9.96. The van der Waals surface area contributed by atoms with Crippen LogP contribution in [0, 0.1) is 0 Å². The molecule has 0 spiro atoms. The first kappa shape index (κ1) is 22.9. The lowest BCUT2D eigenvalue weighted by Crippen LogP contribution is -2.26. The van der Waals surface area contributed by atoms with Crippen molar-refractivity contribution < 1.29 is 24.5 Å². The summed E-state index contributed by atoms with van der Waals surface area (Å²) >= 11 is 0. The summed E-state index contributed by atoms with van der Waals surface area (Å²) in [5, 5.41) is 20.3. The van der Waals surface area contributed by atoms with Crippen LogP contribution in [-0.2, 0) is 14.3 Å². The lowest BCUT2D eigenvalue weighted by molar-refractivity contribution is -0.140. The molecule has 2 N–H and O–H groups in total. The van der Waals surface area contributed by atoms with E-state index in [2.05, 4.69) is 29.9 Å². The predicted molar refractivity (Wildman–Crippen MR) is 103 cm³/mol. The number of methoxy groups -OCH3 is 1. The molecule has 1 saturated heterocycles. The van der Waals surface area contributed by atoms with Crippen LogP contribution < -0.4 is 0 Å². The fraction of sp³-hybridized carbons (Fsp3) is 0.762. The second-order valence-corrected chi connectivity index (χ2v) is 6.96. The minimum atomic E-state index is -0.658. The molecular weight excluding hydrogens is 332 g/mol. The molecule has 0 bridgehead atoms. The SMILES string of the molecule is CCCCC/C=C\C/C=C\C[C@H]1O[C@H](C(O)CCCC(=O)OC)CC1O. The Bertz CT molecular complexity index is 432. The van der Waals surface area contributed by atoms with Crippen molar-refractivity contribution in [2.45, 2.75) is 95.5 Å². The zero-order valence-corrected chi connectivity index (χ0v) is 16.3. The number of unbranched alkanes of at least 4 members (excludes halogenated alkanes) is 3. The van der Waals surface area contributed by atoms with Gasteiger partial charge in [0.2, 0.25) is 0 Å². The van der Waals surface area contributed by atoms with E-state index in [4.69, 9.17) is 4.74 Å². The zero-order chi connectivity index (χ0) is 19.2. The third-order valence-corrected chi connectivity index (χ3v) is 4.74.